The molecule has 31 heavy (non-hydrogen) atoms. The molecule has 0 spiro atoms. The molecule has 0 bridgehead atoms. The fourth-order valence-corrected chi connectivity index (χ4v) is 3.98. The van der Waals surface area contributed by atoms with Crippen LogP contribution >= 0.6 is 12.4 Å². The van der Waals surface area contributed by atoms with Gasteiger partial charge in [-0.05, 0) is 43.5 Å². The maximum atomic E-state index is 12.8. The van der Waals surface area contributed by atoms with Gasteiger partial charge in [0.1, 0.15) is 12.4 Å². The highest BCUT2D eigenvalue weighted by molar-refractivity contribution is 5.86. The lowest BCUT2D eigenvalue weighted by Crippen LogP contribution is -2.60. The Kier molecular flexibility index (Phi) is 8.30. The maximum Gasteiger partial charge on any atom is 0.411 e. The molecule has 2 aromatic carbocycles. The molecule has 168 valence electrons. The van der Waals surface area contributed by atoms with Crippen LogP contribution in [0.4, 0.5) is 4.79 Å². The van der Waals surface area contributed by atoms with Crippen molar-refractivity contribution in [1.29, 1.82) is 0 Å². The van der Waals surface area contributed by atoms with Gasteiger partial charge in [-0.25, -0.2) is 9.59 Å². The second kappa shape index (κ2) is 10.5. The van der Waals surface area contributed by atoms with E-state index in [1.807, 2.05) is 61.5 Å². The zero-order chi connectivity index (χ0) is 21.7. The lowest BCUT2D eigenvalue weighted by Gasteiger charge is -2.36. The minimum atomic E-state index is -1.42. The van der Waals surface area contributed by atoms with Crippen molar-refractivity contribution >= 4 is 24.5 Å². The number of nitrogens with zero attached hydrogens (tertiary/aromatic N) is 1. The first-order valence-electron chi connectivity index (χ1n) is 9.96. The van der Waals surface area contributed by atoms with Gasteiger partial charge in [0.2, 0.25) is 0 Å². The van der Waals surface area contributed by atoms with Crippen molar-refractivity contribution < 1.29 is 24.2 Å². The molecule has 1 heterocycles. The number of benzene rings is 2. The number of rotatable bonds is 7. The minimum Gasteiger partial charge on any atom is -0.497 e. The number of nitrogens with one attached hydrogen (secondary N) is 1. The van der Waals surface area contributed by atoms with Gasteiger partial charge < -0.3 is 19.9 Å². The Balaban J connectivity index is 0.00000341. The van der Waals surface area contributed by atoms with Gasteiger partial charge in [-0.1, -0.05) is 42.5 Å². The highest BCUT2D eigenvalue weighted by Gasteiger charge is 2.56. The Bertz CT molecular complexity index is 877. The van der Waals surface area contributed by atoms with Crippen molar-refractivity contribution in [3.8, 4) is 5.75 Å². The molecular weight excluding hydrogens is 420 g/mol. The van der Waals surface area contributed by atoms with E-state index in [1.54, 1.807) is 14.0 Å². The van der Waals surface area contributed by atoms with Crippen LogP contribution in [0.1, 0.15) is 31.4 Å². The second-order valence-electron chi connectivity index (χ2n) is 7.73. The first-order chi connectivity index (χ1) is 14.4. The molecule has 3 rings (SSSR count). The molecule has 1 saturated heterocycles. The average molecular weight is 449 g/mol. The SMILES string of the molecule is COc1ccc(CN[C@H]2C[C@@H](C)N(C(=O)OCc3ccccc3)[C@@]2(C)C(=O)O)cc1.Cl. The van der Waals surface area contributed by atoms with E-state index >= 15 is 0 Å². The molecule has 0 radical (unpaired) electrons. The number of hydrogen-bond donors (Lipinski definition) is 2. The van der Waals surface area contributed by atoms with Crippen molar-refractivity contribution in [1.82, 2.24) is 10.2 Å². The molecule has 2 aromatic rings. The van der Waals surface area contributed by atoms with Crippen LogP contribution in [0.2, 0.25) is 0 Å². The molecule has 1 amide bonds. The number of carboxylic acids is 1. The Morgan fingerprint density at radius 1 is 1.13 bits per heavy atom. The number of carbonyl (C=O) groups excluding carboxylic acids is 1. The average Bonchev–Trinajstić information content (AvgIpc) is 3.02. The molecule has 3 atom stereocenters. The number of ether oxygens (including phenoxy) is 2. The van der Waals surface area contributed by atoms with E-state index in [-0.39, 0.29) is 25.1 Å². The van der Waals surface area contributed by atoms with Crippen LogP contribution < -0.4 is 10.1 Å². The number of methoxy groups -OCH3 is 1. The number of halogens is 1. The predicted molar refractivity (Wildman–Crippen MR) is 119 cm³/mol. The van der Waals surface area contributed by atoms with Crippen LogP contribution in [0.15, 0.2) is 54.6 Å². The minimum absolute atomic E-state index is 0. The normalized spacial score (nSPS) is 22.5. The van der Waals surface area contributed by atoms with Crippen molar-refractivity contribution in [2.45, 2.75) is 51.0 Å². The summed E-state index contributed by atoms with van der Waals surface area (Å²) in [6.07, 6.45) is -0.107. The third kappa shape index (κ3) is 5.29. The summed E-state index contributed by atoms with van der Waals surface area (Å²) in [7, 11) is 1.61. The van der Waals surface area contributed by atoms with Gasteiger partial charge in [-0.15, -0.1) is 12.4 Å². The van der Waals surface area contributed by atoms with Gasteiger partial charge in [-0.2, -0.15) is 0 Å². The number of amides is 1. The van der Waals surface area contributed by atoms with Crippen molar-refractivity contribution in [3.63, 3.8) is 0 Å². The predicted octanol–water partition coefficient (Wildman–Crippen LogP) is 3.85. The smallest absolute Gasteiger partial charge is 0.411 e. The highest BCUT2D eigenvalue weighted by Crippen LogP contribution is 2.35. The standard InChI is InChI=1S/C23H28N2O5.ClH/c1-16-13-20(24-14-17-9-11-19(29-3)12-10-17)23(2,21(26)27)25(16)22(28)30-15-18-7-5-4-6-8-18;/h4-12,16,20,24H,13-15H2,1-3H3,(H,26,27);1H/t16-,20+,23-;/m1./s1. The second-order valence-corrected chi connectivity index (χ2v) is 7.73. The number of aliphatic carboxylic acids is 1. The third-order valence-corrected chi connectivity index (χ3v) is 5.74. The molecule has 0 saturated carbocycles. The quantitative estimate of drug-likeness (QED) is 0.668. The van der Waals surface area contributed by atoms with Gasteiger partial charge in [0.05, 0.1) is 7.11 Å². The van der Waals surface area contributed by atoms with E-state index in [1.165, 1.54) is 4.90 Å². The number of carboxylic acid groups (broad SMARTS) is 1. The monoisotopic (exact) mass is 448 g/mol. The molecule has 1 aliphatic rings. The highest BCUT2D eigenvalue weighted by atomic mass is 35.5. The Hall–Kier alpha value is -2.77. The number of hydrogen-bond acceptors (Lipinski definition) is 5. The fraction of sp³-hybridized carbons (Fsp3) is 0.391. The summed E-state index contributed by atoms with van der Waals surface area (Å²) in [4.78, 5) is 26.4. The Morgan fingerprint density at radius 3 is 2.35 bits per heavy atom. The van der Waals surface area contributed by atoms with E-state index in [0.29, 0.717) is 13.0 Å². The molecule has 2 N–H and O–H groups in total. The van der Waals surface area contributed by atoms with E-state index in [0.717, 1.165) is 16.9 Å². The molecule has 8 heteroatoms. The van der Waals surface area contributed by atoms with E-state index in [9.17, 15) is 14.7 Å². The molecular formula is C23H29ClN2O5. The van der Waals surface area contributed by atoms with Crippen LogP contribution in [0.3, 0.4) is 0 Å². The number of carbonyl (C=O) groups is 2. The van der Waals surface area contributed by atoms with Crippen molar-refractivity contribution in [2.24, 2.45) is 0 Å². The van der Waals surface area contributed by atoms with Crippen LogP contribution in [0.5, 0.6) is 5.75 Å². The molecule has 0 unspecified atom stereocenters. The van der Waals surface area contributed by atoms with Crippen LogP contribution in [0.25, 0.3) is 0 Å². The zero-order valence-corrected chi connectivity index (χ0v) is 18.7. The first kappa shape index (κ1) is 24.5. The van der Waals surface area contributed by atoms with Gasteiger partial charge in [0.15, 0.2) is 5.54 Å². The lowest BCUT2D eigenvalue weighted by atomic mass is 9.93. The summed E-state index contributed by atoms with van der Waals surface area (Å²) in [6, 6.07) is 16.2. The van der Waals surface area contributed by atoms with Gasteiger partial charge in [0.25, 0.3) is 0 Å². The Morgan fingerprint density at radius 2 is 1.77 bits per heavy atom. The van der Waals surface area contributed by atoms with E-state index in [2.05, 4.69) is 5.32 Å². The van der Waals surface area contributed by atoms with E-state index in [4.69, 9.17) is 9.47 Å². The van der Waals surface area contributed by atoms with Gasteiger partial charge >= 0.3 is 12.1 Å². The summed E-state index contributed by atoms with van der Waals surface area (Å²) >= 11 is 0. The van der Waals surface area contributed by atoms with Gasteiger partial charge in [-0.3, -0.25) is 4.90 Å². The van der Waals surface area contributed by atoms with Crippen LogP contribution in [-0.4, -0.2) is 46.8 Å². The molecule has 1 aliphatic heterocycles. The summed E-state index contributed by atoms with van der Waals surface area (Å²) in [5.41, 5.74) is 0.435. The van der Waals surface area contributed by atoms with Gasteiger partial charge in [0, 0.05) is 18.6 Å². The van der Waals surface area contributed by atoms with E-state index < -0.39 is 23.6 Å². The molecule has 0 aliphatic carbocycles. The van der Waals surface area contributed by atoms with Crippen LogP contribution in [0, 0.1) is 0 Å². The molecule has 1 fully saturated rings. The van der Waals surface area contributed by atoms with Crippen molar-refractivity contribution in [3.05, 3.63) is 65.7 Å². The first-order valence-corrected chi connectivity index (χ1v) is 9.96. The van der Waals surface area contributed by atoms with Crippen molar-refractivity contribution in [2.75, 3.05) is 7.11 Å². The molecule has 7 nitrogen and oxygen atoms in total. The summed E-state index contributed by atoms with van der Waals surface area (Å²) < 4.78 is 10.6. The summed E-state index contributed by atoms with van der Waals surface area (Å²) in [6.45, 7) is 4.01. The summed E-state index contributed by atoms with van der Waals surface area (Å²) in [5, 5.41) is 13.4. The lowest BCUT2D eigenvalue weighted by molar-refractivity contribution is -0.149. The molecule has 0 aromatic heterocycles. The largest absolute Gasteiger partial charge is 0.497 e. The fourth-order valence-electron chi connectivity index (χ4n) is 3.98. The third-order valence-electron chi connectivity index (χ3n) is 5.74. The maximum absolute atomic E-state index is 12.8. The number of likely N-dealkylation sites (tertiary alicyclic amines) is 1. The topological polar surface area (TPSA) is 88.1 Å². The zero-order valence-electron chi connectivity index (χ0n) is 17.9. The Labute approximate surface area is 188 Å². The van der Waals surface area contributed by atoms with Crippen LogP contribution in [-0.2, 0) is 22.7 Å². The summed E-state index contributed by atoms with van der Waals surface area (Å²) in [5.74, 6) is -0.299.